The van der Waals surface area contributed by atoms with Gasteiger partial charge in [0.05, 0.1) is 6.04 Å². The van der Waals surface area contributed by atoms with Gasteiger partial charge in [0.1, 0.15) is 0 Å². The molecule has 0 saturated heterocycles. The second-order valence-corrected chi connectivity index (χ2v) is 5.91. The average Bonchev–Trinajstić information content (AvgIpc) is 3.24. The normalized spacial score (nSPS) is 17.4. The monoisotopic (exact) mass is 353 g/mol. The molecule has 124 valence electrons. The van der Waals surface area contributed by atoms with Gasteiger partial charge in [0, 0.05) is 10.6 Å². The number of rotatable bonds is 3. The van der Waals surface area contributed by atoms with Crippen molar-refractivity contribution in [1.29, 1.82) is 0 Å². The topological polar surface area (TPSA) is 95.0 Å². The van der Waals surface area contributed by atoms with Gasteiger partial charge in [-0.05, 0) is 28.5 Å². The maximum absolute atomic E-state index is 12.7. The van der Waals surface area contributed by atoms with Gasteiger partial charge in [0.15, 0.2) is 5.76 Å². The number of amides is 1. The van der Waals surface area contributed by atoms with Gasteiger partial charge in [-0.1, -0.05) is 59.2 Å². The number of aromatic nitrogens is 4. The van der Waals surface area contributed by atoms with Crippen LogP contribution in [-0.2, 0) is 4.79 Å². The highest BCUT2D eigenvalue weighted by molar-refractivity contribution is 6.30. The number of anilines is 1. The molecule has 4 rings (SSSR count). The molecule has 2 aromatic carbocycles. The lowest BCUT2D eigenvalue weighted by molar-refractivity contribution is -0.117. The first-order chi connectivity index (χ1) is 12.2. The molecule has 0 spiro atoms. The number of benzene rings is 2. The Morgan fingerprint density at radius 1 is 1.08 bits per heavy atom. The largest absolute Gasteiger partial charge is 0.503 e. The van der Waals surface area contributed by atoms with Gasteiger partial charge in [-0.2, -0.15) is 5.21 Å². The fraction of sp³-hybridized carbons (Fsp3) is 0.0588. The van der Waals surface area contributed by atoms with Gasteiger partial charge in [-0.3, -0.25) is 9.69 Å². The van der Waals surface area contributed by atoms with E-state index in [9.17, 15) is 9.90 Å². The van der Waals surface area contributed by atoms with Crippen LogP contribution in [0.1, 0.15) is 17.2 Å². The van der Waals surface area contributed by atoms with Crippen molar-refractivity contribution in [1.82, 2.24) is 20.6 Å². The first-order valence-corrected chi connectivity index (χ1v) is 7.85. The van der Waals surface area contributed by atoms with Crippen LogP contribution in [0.25, 0.3) is 5.57 Å². The standard InChI is InChI=1S/C17H12ClN5O2/c18-12-8-6-11(7-9-12)14-13(10-4-2-1-3-5-10)15(24)16(25)23(14)17-19-21-22-20-17/h1-9,14,24H,(H,19,20,21,22)/t14-/m1/s1. The highest BCUT2D eigenvalue weighted by Gasteiger charge is 2.43. The summed E-state index contributed by atoms with van der Waals surface area (Å²) in [6, 6.07) is 15.7. The summed E-state index contributed by atoms with van der Waals surface area (Å²) in [4.78, 5) is 14.0. The van der Waals surface area contributed by atoms with Crippen molar-refractivity contribution in [2.24, 2.45) is 0 Å². The zero-order chi connectivity index (χ0) is 17.4. The van der Waals surface area contributed by atoms with Crippen molar-refractivity contribution in [3.8, 4) is 0 Å². The number of nitrogens with zero attached hydrogens (tertiary/aromatic N) is 4. The lowest BCUT2D eigenvalue weighted by Crippen LogP contribution is -2.31. The molecule has 2 heterocycles. The number of tetrazole rings is 1. The predicted octanol–water partition coefficient (Wildman–Crippen LogP) is 2.91. The maximum atomic E-state index is 12.7. The van der Waals surface area contributed by atoms with Crippen molar-refractivity contribution in [3.63, 3.8) is 0 Å². The Balaban J connectivity index is 1.91. The van der Waals surface area contributed by atoms with E-state index in [1.165, 1.54) is 4.90 Å². The Kier molecular flexibility index (Phi) is 3.70. The van der Waals surface area contributed by atoms with E-state index in [0.717, 1.165) is 11.1 Å². The summed E-state index contributed by atoms with van der Waals surface area (Å²) < 4.78 is 0. The zero-order valence-corrected chi connectivity index (χ0v) is 13.6. The van der Waals surface area contributed by atoms with Crippen LogP contribution < -0.4 is 4.90 Å². The number of nitrogens with one attached hydrogen (secondary N) is 1. The minimum absolute atomic E-state index is 0.0856. The van der Waals surface area contributed by atoms with E-state index in [2.05, 4.69) is 20.6 Å². The molecule has 1 amide bonds. The van der Waals surface area contributed by atoms with Crippen molar-refractivity contribution in [2.45, 2.75) is 6.04 Å². The number of halogens is 1. The summed E-state index contributed by atoms with van der Waals surface area (Å²) in [6.45, 7) is 0. The molecule has 25 heavy (non-hydrogen) atoms. The van der Waals surface area contributed by atoms with Crippen molar-refractivity contribution in [2.75, 3.05) is 4.90 Å². The number of aliphatic hydroxyl groups is 1. The van der Waals surface area contributed by atoms with E-state index in [-0.39, 0.29) is 11.7 Å². The molecule has 1 aromatic heterocycles. The maximum Gasteiger partial charge on any atom is 0.296 e. The summed E-state index contributed by atoms with van der Waals surface area (Å²) >= 11 is 5.98. The zero-order valence-electron chi connectivity index (χ0n) is 12.8. The fourth-order valence-electron chi connectivity index (χ4n) is 2.94. The molecule has 0 fully saturated rings. The van der Waals surface area contributed by atoms with Gasteiger partial charge in [0.2, 0.25) is 0 Å². The number of carbonyl (C=O) groups is 1. The Bertz CT molecular complexity index is 939. The third-order valence-electron chi connectivity index (χ3n) is 4.03. The van der Waals surface area contributed by atoms with Crippen LogP contribution in [0.4, 0.5) is 5.95 Å². The van der Waals surface area contributed by atoms with E-state index in [1.54, 1.807) is 24.3 Å². The number of carbonyl (C=O) groups excluding carboxylic acids is 1. The second-order valence-electron chi connectivity index (χ2n) is 5.47. The summed E-state index contributed by atoms with van der Waals surface area (Å²) in [6.07, 6.45) is 0. The van der Waals surface area contributed by atoms with Crippen LogP contribution in [0.15, 0.2) is 60.4 Å². The number of aliphatic hydroxyl groups excluding tert-OH is 1. The lowest BCUT2D eigenvalue weighted by Gasteiger charge is -2.24. The van der Waals surface area contributed by atoms with E-state index < -0.39 is 11.9 Å². The number of hydrogen-bond acceptors (Lipinski definition) is 5. The van der Waals surface area contributed by atoms with Crippen molar-refractivity contribution in [3.05, 3.63) is 76.5 Å². The van der Waals surface area contributed by atoms with Crippen LogP contribution in [0.2, 0.25) is 5.02 Å². The molecule has 2 N–H and O–H groups in total. The molecule has 1 aliphatic heterocycles. The molecule has 1 aliphatic rings. The van der Waals surface area contributed by atoms with E-state index in [0.29, 0.717) is 10.6 Å². The number of hydrogen-bond donors (Lipinski definition) is 2. The van der Waals surface area contributed by atoms with Gasteiger partial charge in [-0.25, -0.2) is 0 Å². The molecule has 8 heteroatoms. The first-order valence-electron chi connectivity index (χ1n) is 7.48. The third kappa shape index (κ3) is 2.54. The molecule has 0 radical (unpaired) electrons. The highest BCUT2D eigenvalue weighted by Crippen LogP contribution is 2.44. The van der Waals surface area contributed by atoms with Crippen LogP contribution in [0, 0.1) is 0 Å². The molecule has 0 bridgehead atoms. The van der Waals surface area contributed by atoms with Crippen molar-refractivity contribution < 1.29 is 9.90 Å². The Hall–Kier alpha value is -3.19. The molecule has 1 atom stereocenters. The molecule has 0 aliphatic carbocycles. The Morgan fingerprint density at radius 2 is 1.80 bits per heavy atom. The minimum atomic E-state index is -0.593. The number of H-pyrrole nitrogens is 1. The van der Waals surface area contributed by atoms with Crippen LogP contribution in [-0.4, -0.2) is 31.6 Å². The van der Waals surface area contributed by atoms with E-state index >= 15 is 0 Å². The quantitative estimate of drug-likeness (QED) is 0.754. The minimum Gasteiger partial charge on any atom is -0.503 e. The smallest absolute Gasteiger partial charge is 0.296 e. The SMILES string of the molecule is O=C1C(O)=C(c2ccccc2)[C@@H](c2ccc(Cl)cc2)N1c1nn[nH]n1. The van der Waals surface area contributed by atoms with Crippen LogP contribution >= 0.6 is 11.6 Å². The average molecular weight is 354 g/mol. The predicted molar refractivity (Wildman–Crippen MR) is 91.8 cm³/mol. The fourth-order valence-corrected chi connectivity index (χ4v) is 3.07. The molecular weight excluding hydrogens is 342 g/mol. The summed E-state index contributed by atoms with van der Waals surface area (Å²) in [5.74, 6) is -0.835. The summed E-state index contributed by atoms with van der Waals surface area (Å²) in [5, 5.41) is 24.8. The molecule has 0 saturated carbocycles. The molecule has 3 aromatic rings. The van der Waals surface area contributed by atoms with Gasteiger partial charge >= 0.3 is 0 Å². The first kappa shape index (κ1) is 15.3. The van der Waals surface area contributed by atoms with Gasteiger partial charge in [-0.15, -0.1) is 5.10 Å². The molecule has 7 nitrogen and oxygen atoms in total. The molecular formula is C17H12ClN5O2. The summed E-state index contributed by atoms with van der Waals surface area (Å²) in [5.41, 5.74) is 1.99. The van der Waals surface area contributed by atoms with Gasteiger partial charge in [0.25, 0.3) is 11.9 Å². The molecule has 0 unspecified atom stereocenters. The van der Waals surface area contributed by atoms with Crippen LogP contribution in [0.5, 0.6) is 0 Å². The van der Waals surface area contributed by atoms with Crippen molar-refractivity contribution >= 4 is 29.0 Å². The lowest BCUT2D eigenvalue weighted by atomic mass is 9.94. The van der Waals surface area contributed by atoms with E-state index in [1.807, 2.05) is 30.3 Å². The Labute approximate surface area is 147 Å². The Morgan fingerprint density at radius 3 is 2.44 bits per heavy atom. The van der Waals surface area contributed by atoms with Crippen LogP contribution in [0.3, 0.4) is 0 Å². The highest BCUT2D eigenvalue weighted by atomic mass is 35.5. The van der Waals surface area contributed by atoms with E-state index in [4.69, 9.17) is 11.6 Å². The summed E-state index contributed by atoms with van der Waals surface area (Å²) in [7, 11) is 0. The van der Waals surface area contributed by atoms with Gasteiger partial charge < -0.3 is 5.11 Å². The second kappa shape index (κ2) is 6.03. The number of aromatic amines is 1. The third-order valence-corrected chi connectivity index (χ3v) is 4.28.